The standard InChI is InChI=1S/C23H20ClF3N4O2/c24-14-1-4-18(17(9-14)23(25,26)27)31-16-3-2-15(29-12-16)11-30-20(33)21(5-6-21)10-19(32)22(13-28)7-8-22/h1-4,9,12,31H,5-8,10-11H2,(H,30,33). The number of benzene rings is 1. The SMILES string of the molecule is N#CC1(C(=O)CC2(C(=O)NCc3ccc(Nc4ccc(Cl)cc4C(F)(F)F)cn3)CC2)CC1. The second-order valence-electron chi connectivity index (χ2n) is 8.61. The Labute approximate surface area is 193 Å². The topological polar surface area (TPSA) is 94.9 Å². The normalized spacial score (nSPS) is 17.5. The molecule has 1 aromatic carbocycles. The molecule has 1 heterocycles. The van der Waals surface area contributed by atoms with Crippen LogP contribution in [0.4, 0.5) is 24.5 Å². The molecule has 10 heteroatoms. The number of carbonyl (C=O) groups is 2. The Balaban J connectivity index is 1.35. The van der Waals surface area contributed by atoms with E-state index < -0.39 is 22.6 Å². The first-order valence-electron chi connectivity index (χ1n) is 10.4. The smallest absolute Gasteiger partial charge is 0.354 e. The number of hydrogen-bond donors (Lipinski definition) is 2. The van der Waals surface area contributed by atoms with Gasteiger partial charge in [-0.3, -0.25) is 14.6 Å². The molecule has 0 aliphatic heterocycles. The maximum Gasteiger partial charge on any atom is 0.418 e. The summed E-state index contributed by atoms with van der Waals surface area (Å²) in [7, 11) is 0. The number of nitriles is 1. The molecule has 0 unspecified atom stereocenters. The first kappa shape index (κ1) is 23.1. The van der Waals surface area contributed by atoms with Gasteiger partial charge >= 0.3 is 6.18 Å². The average molecular weight is 477 g/mol. The van der Waals surface area contributed by atoms with E-state index in [0.29, 0.717) is 37.1 Å². The van der Waals surface area contributed by atoms with Crippen LogP contribution in [-0.4, -0.2) is 16.7 Å². The minimum absolute atomic E-state index is 0.0212. The van der Waals surface area contributed by atoms with Crippen LogP contribution in [-0.2, 0) is 22.3 Å². The van der Waals surface area contributed by atoms with Gasteiger partial charge in [-0.25, -0.2) is 0 Å². The number of hydrogen-bond acceptors (Lipinski definition) is 5. The fourth-order valence-electron chi connectivity index (χ4n) is 3.67. The van der Waals surface area contributed by atoms with Crippen LogP contribution in [0.5, 0.6) is 0 Å². The van der Waals surface area contributed by atoms with E-state index in [1.165, 1.54) is 18.3 Å². The molecule has 0 spiro atoms. The molecular formula is C23H20ClF3N4O2. The lowest BCUT2D eigenvalue weighted by Crippen LogP contribution is -2.34. The highest BCUT2D eigenvalue weighted by Gasteiger charge is 2.57. The molecule has 2 aliphatic rings. The third kappa shape index (κ3) is 4.96. The first-order valence-corrected chi connectivity index (χ1v) is 10.8. The van der Waals surface area contributed by atoms with Crippen molar-refractivity contribution in [1.82, 2.24) is 10.3 Å². The zero-order valence-electron chi connectivity index (χ0n) is 17.4. The lowest BCUT2D eigenvalue weighted by molar-refractivity contribution is -0.137. The van der Waals surface area contributed by atoms with Gasteiger partial charge in [0, 0.05) is 11.4 Å². The number of pyridine rings is 1. The van der Waals surface area contributed by atoms with Crippen molar-refractivity contribution in [1.29, 1.82) is 5.26 Å². The molecule has 2 N–H and O–H groups in total. The monoisotopic (exact) mass is 476 g/mol. The molecule has 4 rings (SSSR count). The summed E-state index contributed by atoms with van der Waals surface area (Å²) in [5, 5.41) is 14.6. The Hall–Kier alpha value is -3.12. The largest absolute Gasteiger partial charge is 0.418 e. The molecule has 2 aliphatic carbocycles. The van der Waals surface area contributed by atoms with Gasteiger partial charge in [0.05, 0.1) is 46.9 Å². The number of Topliss-reactive ketones (excluding diaryl/α,β-unsaturated/α-hetero) is 1. The Morgan fingerprint density at radius 2 is 1.88 bits per heavy atom. The van der Waals surface area contributed by atoms with E-state index in [-0.39, 0.29) is 35.4 Å². The van der Waals surface area contributed by atoms with Gasteiger partial charge in [-0.2, -0.15) is 18.4 Å². The molecule has 0 saturated heterocycles. The highest BCUT2D eigenvalue weighted by Crippen LogP contribution is 2.54. The molecule has 6 nitrogen and oxygen atoms in total. The lowest BCUT2D eigenvalue weighted by Gasteiger charge is -2.16. The number of nitrogens with zero attached hydrogens (tertiary/aromatic N) is 2. The van der Waals surface area contributed by atoms with Crippen LogP contribution < -0.4 is 10.6 Å². The van der Waals surface area contributed by atoms with Crippen molar-refractivity contribution in [3.05, 3.63) is 52.8 Å². The maximum absolute atomic E-state index is 13.2. The van der Waals surface area contributed by atoms with Crippen LogP contribution in [0, 0.1) is 22.2 Å². The second-order valence-corrected chi connectivity index (χ2v) is 9.04. The van der Waals surface area contributed by atoms with Crippen molar-refractivity contribution in [3.8, 4) is 6.07 Å². The number of rotatable bonds is 8. The van der Waals surface area contributed by atoms with Crippen molar-refractivity contribution < 1.29 is 22.8 Å². The minimum atomic E-state index is -4.57. The quantitative estimate of drug-likeness (QED) is 0.549. The molecule has 172 valence electrons. The summed E-state index contributed by atoms with van der Waals surface area (Å²) in [5.41, 5.74) is -1.82. The molecule has 2 fully saturated rings. The molecule has 1 aromatic heterocycles. The zero-order valence-corrected chi connectivity index (χ0v) is 18.2. The predicted octanol–water partition coefficient (Wildman–Crippen LogP) is 5.16. The van der Waals surface area contributed by atoms with Crippen molar-refractivity contribution in [2.75, 3.05) is 5.32 Å². The Kier molecular flexibility index (Phi) is 5.83. The average Bonchev–Trinajstić information content (AvgIpc) is 3.69. The van der Waals surface area contributed by atoms with E-state index in [1.54, 1.807) is 12.1 Å². The van der Waals surface area contributed by atoms with Crippen molar-refractivity contribution >= 4 is 34.7 Å². The fourth-order valence-corrected chi connectivity index (χ4v) is 3.84. The Bertz CT molecular complexity index is 1130. The molecule has 2 saturated carbocycles. The van der Waals surface area contributed by atoms with Crippen LogP contribution in [0.2, 0.25) is 5.02 Å². The number of alkyl halides is 3. The van der Waals surface area contributed by atoms with Gasteiger partial charge < -0.3 is 10.6 Å². The van der Waals surface area contributed by atoms with Gasteiger partial charge in [0.25, 0.3) is 0 Å². The van der Waals surface area contributed by atoms with Crippen molar-refractivity contribution in [2.24, 2.45) is 10.8 Å². The predicted molar refractivity (Wildman–Crippen MR) is 114 cm³/mol. The molecule has 0 bridgehead atoms. The van der Waals surface area contributed by atoms with E-state index >= 15 is 0 Å². The van der Waals surface area contributed by atoms with Gasteiger partial charge in [-0.15, -0.1) is 0 Å². The number of amides is 1. The van der Waals surface area contributed by atoms with E-state index in [4.69, 9.17) is 11.6 Å². The summed E-state index contributed by atoms with van der Waals surface area (Å²) in [5.74, 6) is -0.406. The van der Waals surface area contributed by atoms with E-state index in [1.807, 2.05) is 0 Å². The first-order chi connectivity index (χ1) is 15.6. The highest BCUT2D eigenvalue weighted by atomic mass is 35.5. The molecule has 33 heavy (non-hydrogen) atoms. The van der Waals surface area contributed by atoms with Crippen LogP contribution >= 0.6 is 11.6 Å². The lowest BCUT2D eigenvalue weighted by atomic mass is 9.90. The zero-order chi connectivity index (χ0) is 23.9. The van der Waals surface area contributed by atoms with E-state index in [2.05, 4.69) is 21.7 Å². The van der Waals surface area contributed by atoms with Gasteiger partial charge in [0.15, 0.2) is 5.78 Å². The maximum atomic E-state index is 13.2. The van der Waals surface area contributed by atoms with Crippen molar-refractivity contribution in [2.45, 2.75) is 44.8 Å². The van der Waals surface area contributed by atoms with Gasteiger partial charge in [0.1, 0.15) is 5.41 Å². The minimum Gasteiger partial charge on any atom is -0.354 e. The summed E-state index contributed by atoms with van der Waals surface area (Å²) < 4.78 is 39.7. The van der Waals surface area contributed by atoms with E-state index in [0.717, 1.165) is 6.07 Å². The second kappa shape index (κ2) is 8.34. The van der Waals surface area contributed by atoms with Crippen LogP contribution in [0.3, 0.4) is 0 Å². The number of carbonyl (C=O) groups excluding carboxylic acids is 2. The molecule has 2 aromatic rings. The summed E-state index contributed by atoms with van der Waals surface area (Å²) in [6.45, 7) is 0.118. The number of halogens is 4. The van der Waals surface area contributed by atoms with Crippen molar-refractivity contribution in [3.63, 3.8) is 0 Å². The number of aromatic nitrogens is 1. The molecular weight excluding hydrogens is 457 g/mol. The molecule has 0 atom stereocenters. The fraction of sp³-hybridized carbons (Fsp3) is 0.391. The van der Waals surface area contributed by atoms with Crippen LogP contribution in [0.15, 0.2) is 36.5 Å². The Morgan fingerprint density at radius 1 is 1.15 bits per heavy atom. The Morgan fingerprint density at radius 3 is 2.42 bits per heavy atom. The van der Waals surface area contributed by atoms with Gasteiger partial charge in [0.2, 0.25) is 5.91 Å². The number of anilines is 2. The summed E-state index contributed by atoms with van der Waals surface area (Å²) in [4.78, 5) is 29.2. The van der Waals surface area contributed by atoms with Gasteiger partial charge in [-0.1, -0.05) is 11.6 Å². The third-order valence-corrected chi connectivity index (χ3v) is 6.39. The summed E-state index contributed by atoms with van der Waals surface area (Å²) in [6, 6.07) is 8.67. The van der Waals surface area contributed by atoms with Gasteiger partial charge in [-0.05, 0) is 56.0 Å². The summed E-state index contributed by atoms with van der Waals surface area (Å²) >= 11 is 5.70. The summed E-state index contributed by atoms with van der Waals surface area (Å²) in [6.07, 6.45) is -0.801. The number of nitrogens with one attached hydrogen (secondary N) is 2. The number of ketones is 1. The van der Waals surface area contributed by atoms with E-state index in [9.17, 15) is 28.0 Å². The van der Waals surface area contributed by atoms with Crippen LogP contribution in [0.25, 0.3) is 0 Å². The van der Waals surface area contributed by atoms with Crippen LogP contribution in [0.1, 0.15) is 43.4 Å². The molecule has 0 radical (unpaired) electrons. The molecule has 1 amide bonds. The highest BCUT2D eigenvalue weighted by molar-refractivity contribution is 6.30. The third-order valence-electron chi connectivity index (χ3n) is 6.15.